The third-order valence-electron chi connectivity index (χ3n) is 4.79. The molecule has 142 valence electrons. The number of carbonyl (C=O) groups excluding carboxylic acids is 2. The number of imide groups is 1. The number of pyridine rings is 1. The summed E-state index contributed by atoms with van der Waals surface area (Å²) in [7, 11) is 0. The van der Waals surface area contributed by atoms with Gasteiger partial charge in [0, 0.05) is 12.1 Å². The Labute approximate surface area is 167 Å². The molecule has 1 aliphatic heterocycles. The number of aromatic nitrogens is 1. The maximum atomic E-state index is 12.7. The van der Waals surface area contributed by atoms with E-state index in [1.807, 2.05) is 60.7 Å². The molecule has 0 radical (unpaired) electrons. The van der Waals surface area contributed by atoms with E-state index in [1.165, 1.54) is 0 Å². The van der Waals surface area contributed by atoms with Gasteiger partial charge in [-0.15, -0.1) is 0 Å². The zero-order valence-electron chi connectivity index (χ0n) is 15.4. The molecule has 1 saturated heterocycles. The van der Waals surface area contributed by atoms with E-state index in [-0.39, 0.29) is 5.57 Å². The number of amides is 2. The van der Waals surface area contributed by atoms with E-state index in [0.29, 0.717) is 11.5 Å². The third kappa shape index (κ3) is 3.70. The van der Waals surface area contributed by atoms with Crippen LogP contribution in [0.2, 0.25) is 0 Å². The topological polar surface area (TPSA) is 83.1 Å². The van der Waals surface area contributed by atoms with Gasteiger partial charge in [0.15, 0.2) is 12.4 Å². The molecule has 2 unspecified atom stereocenters. The van der Waals surface area contributed by atoms with Crippen molar-refractivity contribution >= 4 is 17.7 Å². The SMILES string of the molecule is N=C=C1C(=O)NC(=O)C([n+]2ccccc2)C1c1ccc(Oc2ccccc2)cc1. The molecule has 1 fully saturated rings. The first-order valence-corrected chi connectivity index (χ1v) is 9.11. The van der Waals surface area contributed by atoms with E-state index >= 15 is 0 Å². The molecule has 1 aliphatic rings. The number of nitrogens with zero attached hydrogens (tertiary/aromatic N) is 1. The molecule has 2 atom stereocenters. The summed E-state index contributed by atoms with van der Waals surface area (Å²) < 4.78 is 7.55. The van der Waals surface area contributed by atoms with Crippen molar-refractivity contribution in [2.24, 2.45) is 0 Å². The summed E-state index contributed by atoms with van der Waals surface area (Å²) in [6.07, 6.45) is 3.53. The zero-order valence-corrected chi connectivity index (χ0v) is 15.4. The van der Waals surface area contributed by atoms with E-state index in [0.717, 1.165) is 5.56 Å². The summed E-state index contributed by atoms with van der Waals surface area (Å²) in [6, 6.07) is 21.4. The molecule has 0 aliphatic carbocycles. The molecular formula is C23H18N3O3+. The zero-order chi connectivity index (χ0) is 20.2. The maximum Gasteiger partial charge on any atom is 0.296 e. The average molecular weight is 384 g/mol. The molecule has 0 bridgehead atoms. The molecule has 3 aromatic rings. The highest BCUT2D eigenvalue weighted by Crippen LogP contribution is 2.35. The lowest BCUT2D eigenvalue weighted by atomic mass is 9.81. The van der Waals surface area contributed by atoms with Crippen LogP contribution in [0.5, 0.6) is 11.5 Å². The van der Waals surface area contributed by atoms with Crippen LogP contribution < -0.4 is 14.6 Å². The monoisotopic (exact) mass is 384 g/mol. The highest BCUT2D eigenvalue weighted by atomic mass is 16.5. The van der Waals surface area contributed by atoms with Crippen molar-refractivity contribution in [3.05, 3.63) is 96.3 Å². The molecule has 29 heavy (non-hydrogen) atoms. The molecule has 0 saturated carbocycles. The first-order valence-electron chi connectivity index (χ1n) is 9.11. The second-order valence-electron chi connectivity index (χ2n) is 6.59. The number of carbonyl (C=O) groups is 2. The fraction of sp³-hybridized carbons (Fsp3) is 0.0870. The van der Waals surface area contributed by atoms with Gasteiger partial charge >= 0.3 is 0 Å². The normalized spacial score (nSPS) is 18.7. The van der Waals surface area contributed by atoms with Crippen LogP contribution in [0.4, 0.5) is 0 Å². The number of para-hydroxylation sites is 1. The van der Waals surface area contributed by atoms with Gasteiger partial charge in [-0.2, -0.15) is 4.57 Å². The van der Waals surface area contributed by atoms with Gasteiger partial charge in [0.1, 0.15) is 11.5 Å². The van der Waals surface area contributed by atoms with Crippen molar-refractivity contribution in [2.45, 2.75) is 12.0 Å². The van der Waals surface area contributed by atoms with E-state index < -0.39 is 23.8 Å². The number of ether oxygens (including phenoxy) is 1. The summed E-state index contributed by atoms with van der Waals surface area (Å²) in [4.78, 5) is 25.0. The number of piperidine rings is 1. The molecule has 4 rings (SSSR count). The Morgan fingerprint density at radius 1 is 0.862 bits per heavy atom. The number of hydrogen-bond donors (Lipinski definition) is 2. The Balaban J connectivity index is 1.71. The van der Waals surface area contributed by atoms with Crippen LogP contribution in [0.25, 0.3) is 0 Å². The molecule has 1 aromatic heterocycles. The minimum absolute atomic E-state index is 0.114. The summed E-state index contributed by atoms with van der Waals surface area (Å²) in [5.74, 6) is 1.94. The fourth-order valence-electron chi connectivity index (χ4n) is 3.46. The standard InChI is InChI=1S/C23H17N3O3/c24-15-19-20(21(23(28)25-22(19)27)26-13-5-2-6-14-26)16-9-11-18(12-10-16)29-17-7-3-1-4-8-17/h1-14,20-21,24H/p+1. The van der Waals surface area contributed by atoms with E-state index in [9.17, 15) is 9.59 Å². The molecular weight excluding hydrogens is 366 g/mol. The summed E-state index contributed by atoms with van der Waals surface area (Å²) in [5.41, 5.74) is 0.840. The van der Waals surface area contributed by atoms with Gasteiger partial charge in [-0.3, -0.25) is 20.3 Å². The van der Waals surface area contributed by atoms with Crippen LogP contribution in [0.3, 0.4) is 0 Å². The van der Waals surface area contributed by atoms with Crippen molar-refractivity contribution < 1.29 is 18.9 Å². The van der Waals surface area contributed by atoms with Crippen molar-refractivity contribution in [1.82, 2.24) is 5.32 Å². The largest absolute Gasteiger partial charge is 0.457 e. The van der Waals surface area contributed by atoms with Crippen LogP contribution in [0.15, 0.2) is 90.8 Å². The van der Waals surface area contributed by atoms with Crippen molar-refractivity contribution in [1.29, 1.82) is 5.41 Å². The molecule has 2 amide bonds. The third-order valence-corrected chi connectivity index (χ3v) is 4.79. The smallest absolute Gasteiger partial charge is 0.296 e. The minimum Gasteiger partial charge on any atom is -0.457 e. The van der Waals surface area contributed by atoms with Gasteiger partial charge in [-0.25, -0.2) is 0 Å². The Morgan fingerprint density at radius 3 is 2.14 bits per heavy atom. The second-order valence-corrected chi connectivity index (χ2v) is 6.59. The molecule has 2 N–H and O–H groups in total. The van der Waals surface area contributed by atoms with Crippen LogP contribution in [0.1, 0.15) is 17.5 Å². The first kappa shape index (κ1) is 18.3. The minimum atomic E-state index is -0.706. The summed E-state index contributed by atoms with van der Waals surface area (Å²) in [5, 5.41) is 9.95. The lowest BCUT2D eigenvalue weighted by Gasteiger charge is -2.27. The van der Waals surface area contributed by atoms with Crippen LogP contribution >= 0.6 is 0 Å². The Morgan fingerprint density at radius 2 is 1.48 bits per heavy atom. The predicted octanol–water partition coefficient (Wildman–Crippen LogP) is 2.92. The van der Waals surface area contributed by atoms with Crippen LogP contribution in [-0.4, -0.2) is 17.7 Å². The van der Waals surface area contributed by atoms with Gasteiger partial charge in [-0.1, -0.05) is 36.4 Å². The fourth-order valence-corrected chi connectivity index (χ4v) is 3.46. The van der Waals surface area contributed by atoms with Crippen LogP contribution in [-0.2, 0) is 9.59 Å². The maximum absolute atomic E-state index is 12.7. The van der Waals surface area contributed by atoms with E-state index in [4.69, 9.17) is 10.1 Å². The first-order chi connectivity index (χ1) is 14.2. The van der Waals surface area contributed by atoms with E-state index in [1.54, 1.807) is 29.1 Å². The van der Waals surface area contributed by atoms with Crippen molar-refractivity contribution in [2.75, 3.05) is 0 Å². The molecule has 2 aromatic carbocycles. The van der Waals surface area contributed by atoms with E-state index in [2.05, 4.69) is 11.2 Å². The van der Waals surface area contributed by atoms with Gasteiger partial charge < -0.3 is 4.74 Å². The number of rotatable bonds is 4. The number of benzene rings is 2. The molecule has 6 heteroatoms. The number of nitrogens with one attached hydrogen (secondary N) is 2. The van der Waals surface area contributed by atoms with Crippen molar-refractivity contribution in [3.8, 4) is 11.5 Å². The second kappa shape index (κ2) is 7.92. The average Bonchev–Trinajstić information content (AvgIpc) is 2.75. The van der Waals surface area contributed by atoms with Gasteiger partial charge in [-0.05, 0) is 35.7 Å². The molecule has 2 heterocycles. The Hall–Kier alpha value is -4.02. The predicted molar refractivity (Wildman–Crippen MR) is 106 cm³/mol. The van der Waals surface area contributed by atoms with Crippen LogP contribution in [0, 0.1) is 5.41 Å². The summed E-state index contributed by atoms with van der Waals surface area (Å²) >= 11 is 0. The van der Waals surface area contributed by atoms with Gasteiger partial charge in [0.25, 0.3) is 11.8 Å². The van der Waals surface area contributed by atoms with Gasteiger partial charge in [0.05, 0.1) is 11.5 Å². The Kier molecular flexibility index (Phi) is 5.01. The highest BCUT2D eigenvalue weighted by molar-refractivity contribution is 6.13. The molecule has 6 nitrogen and oxygen atoms in total. The number of hydrogen-bond acceptors (Lipinski definition) is 4. The Bertz CT molecular complexity index is 1090. The quantitative estimate of drug-likeness (QED) is 0.314. The lowest BCUT2D eigenvalue weighted by Crippen LogP contribution is -2.57. The van der Waals surface area contributed by atoms with Crippen molar-refractivity contribution in [3.63, 3.8) is 0 Å². The molecule has 0 spiro atoms. The van der Waals surface area contributed by atoms with Gasteiger partial charge in [0.2, 0.25) is 6.04 Å². The summed E-state index contributed by atoms with van der Waals surface area (Å²) in [6.45, 7) is 0. The lowest BCUT2D eigenvalue weighted by molar-refractivity contribution is -0.711. The highest BCUT2D eigenvalue weighted by Gasteiger charge is 2.47.